The van der Waals surface area contributed by atoms with Gasteiger partial charge in [0.2, 0.25) is 0 Å². The second-order valence-electron chi connectivity index (χ2n) is 7.79. The van der Waals surface area contributed by atoms with E-state index in [1.165, 1.54) is 19.3 Å². The number of carbonyl (C=O) groups is 2. The molecule has 0 spiro atoms. The van der Waals surface area contributed by atoms with Gasteiger partial charge in [0.15, 0.2) is 6.10 Å². The monoisotopic (exact) mass is 441 g/mol. The van der Waals surface area contributed by atoms with Crippen LogP contribution in [0.2, 0.25) is 0 Å². The molecule has 1 heterocycles. The van der Waals surface area contributed by atoms with Crippen LogP contribution < -0.4 is 10.2 Å². The molecule has 1 unspecified atom stereocenters. The third kappa shape index (κ3) is 7.96. The molecule has 0 saturated heterocycles. The summed E-state index contributed by atoms with van der Waals surface area (Å²) < 4.78 is 5.26. The molecule has 0 bridgehead atoms. The number of unbranched alkanes of at least 4 members (excludes halogenated alkanes) is 4. The Morgan fingerprint density at radius 3 is 2.38 bits per heavy atom. The van der Waals surface area contributed by atoms with Crippen molar-refractivity contribution in [1.29, 1.82) is 0 Å². The number of nitrogens with one attached hydrogen (secondary N) is 1. The van der Waals surface area contributed by atoms with Crippen LogP contribution >= 0.6 is 0 Å². The van der Waals surface area contributed by atoms with Gasteiger partial charge in [-0.25, -0.2) is 9.59 Å². The van der Waals surface area contributed by atoms with Gasteiger partial charge in [-0.3, -0.25) is 9.88 Å². The summed E-state index contributed by atoms with van der Waals surface area (Å²) in [4.78, 5) is 29.7. The number of ether oxygens (including phenoxy) is 1. The number of carbonyl (C=O) groups excluding carboxylic acids is 1. The molecule has 32 heavy (non-hydrogen) atoms. The van der Waals surface area contributed by atoms with Crippen molar-refractivity contribution in [2.75, 3.05) is 25.1 Å². The quantitative estimate of drug-likeness (QED) is 0.432. The summed E-state index contributed by atoms with van der Waals surface area (Å²) in [5.41, 5.74) is 3.31. The summed E-state index contributed by atoms with van der Waals surface area (Å²) in [6.45, 7) is 5.00. The lowest BCUT2D eigenvalue weighted by Gasteiger charge is -2.18. The van der Waals surface area contributed by atoms with Crippen molar-refractivity contribution in [3.63, 3.8) is 0 Å². The SMILES string of the molecule is CCCCCCCNC(=O)N(C)c1ccc(-c2ccc(CC(OCC)C(=O)O)cn2)cc1. The minimum Gasteiger partial charge on any atom is -0.479 e. The third-order valence-corrected chi connectivity index (χ3v) is 5.30. The second-order valence-corrected chi connectivity index (χ2v) is 7.79. The zero-order valence-electron chi connectivity index (χ0n) is 19.3. The minimum absolute atomic E-state index is 0.113. The second kappa shape index (κ2) is 13.5. The number of carboxylic acid groups (broad SMARTS) is 1. The molecule has 2 N–H and O–H groups in total. The number of anilines is 1. The number of rotatable bonds is 13. The molecule has 0 saturated carbocycles. The lowest BCUT2D eigenvalue weighted by atomic mass is 10.1. The number of pyridine rings is 1. The standard InChI is InChI=1S/C25H35N3O4/c1-4-6-7-8-9-16-26-25(31)28(3)21-13-11-20(12-14-21)22-15-10-19(18-27-22)17-23(24(29)30)32-5-2/h10-15,18,23H,4-9,16-17H2,1-3H3,(H,26,31)(H,29,30). The summed E-state index contributed by atoms with van der Waals surface area (Å²) in [6.07, 6.45) is 6.89. The lowest BCUT2D eigenvalue weighted by molar-refractivity contribution is -0.149. The lowest BCUT2D eigenvalue weighted by Crippen LogP contribution is -2.37. The molecule has 7 nitrogen and oxygen atoms in total. The molecule has 2 aromatic rings. The van der Waals surface area contributed by atoms with Gasteiger partial charge in [-0.2, -0.15) is 0 Å². The molecule has 7 heteroatoms. The van der Waals surface area contributed by atoms with Crippen LogP contribution in [0.15, 0.2) is 42.6 Å². The molecule has 0 aliphatic heterocycles. The molecule has 2 rings (SSSR count). The molecule has 1 aromatic heterocycles. The summed E-state index contributed by atoms with van der Waals surface area (Å²) in [6, 6.07) is 11.2. The summed E-state index contributed by atoms with van der Waals surface area (Å²) in [5, 5.41) is 12.2. The average Bonchev–Trinajstić information content (AvgIpc) is 2.81. The van der Waals surface area contributed by atoms with Crippen LogP contribution in [-0.2, 0) is 16.0 Å². The Balaban J connectivity index is 1.91. The van der Waals surface area contributed by atoms with E-state index in [1.807, 2.05) is 36.4 Å². The number of hydrogen-bond donors (Lipinski definition) is 2. The van der Waals surface area contributed by atoms with Gasteiger partial charge in [0.25, 0.3) is 0 Å². The fraction of sp³-hybridized carbons (Fsp3) is 0.480. The number of aromatic nitrogens is 1. The van der Waals surface area contributed by atoms with E-state index in [4.69, 9.17) is 4.74 Å². The molecular weight excluding hydrogens is 406 g/mol. The van der Waals surface area contributed by atoms with Crippen LogP contribution in [0.3, 0.4) is 0 Å². The molecular formula is C25H35N3O4. The Labute approximate surface area is 190 Å². The van der Waals surface area contributed by atoms with Crippen LogP contribution in [0.25, 0.3) is 11.3 Å². The number of aliphatic carboxylic acids is 1. The van der Waals surface area contributed by atoms with E-state index in [-0.39, 0.29) is 12.5 Å². The van der Waals surface area contributed by atoms with E-state index in [2.05, 4.69) is 17.2 Å². The number of amides is 2. The van der Waals surface area contributed by atoms with Crippen LogP contribution in [0, 0.1) is 0 Å². The largest absolute Gasteiger partial charge is 0.479 e. The minimum atomic E-state index is -0.976. The summed E-state index contributed by atoms with van der Waals surface area (Å²) in [7, 11) is 1.76. The first-order valence-electron chi connectivity index (χ1n) is 11.4. The molecule has 0 aliphatic carbocycles. The van der Waals surface area contributed by atoms with Crippen molar-refractivity contribution in [3.05, 3.63) is 48.2 Å². The molecule has 174 valence electrons. The van der Waals surface area contributed by atoms with E-state index in [0.29, 0.717) is 13.2 Å². The molecule has 0 aliphatic rings. The Kier molecular flexibility index (Phi) is 10.7. The van der Waals surface area contributed by atoms with Crippen LogP contribution in [-0.4, -0.2) is 48.4 Å². The number of hydrogen-bond acceptors (Lipinski definition) is 4. The van der Waals surface area contributed by atoms with Gasteiger partial charge in [-0.05, 0) is 37.1 Å². The average molecular weight is 442 g/mol. The van der Waals surface area contributed by atoms with Gasteiger partial charge in [-0.1, -0.05) is 50.8 Å². The van der Waals surface area contributed by atoms with Gasteiger partial charge in [0.05, 0.1) is 5.69 Å². The Bertz CT molecular complexity index is 837. The molecule has 1 atom stereocenters. The highest BCUT2D eigenvalue weighted by Crippen LogP contribution is 2.22. The number of nitrogens with zero attached hydrogens (tertiary/aromatic N) is 2. The van der Waals surface area contributed by atoms with Crippen molar-refractivity contribution >= 4 is 17.7 Å². The Morgan fingerprint density at radius 2 is 1.78 bits per heavy atom. The van der Waals surface area contributed by atoms with E-state index >= 15 is 0 Å². The van der Waals surface area contributed by atoms with E-state index in [9.17, 15) is 14.7 Å². The van der Waals surface area contributed by atoms with Crippen LogP contribution in [0.5, 0.6) is 0 Å². The highest BCUT2D eigenvalue weighted by molar-refractivity contribution is 5.91. The van der Waals surface area contributed by atoms with Crippen molar-refractivity contribution < 1.29 is 19.4 Å². The van der Waals surface area contributed by atoms with Gasteiger partial charge < -0.3 is 15.2 Å². The maximum atomic E-state index is 12.4. The maximum absolute atomic E-state index is 12.4. The number of carboxylic acids is 1. The fourth-order valence-corrected chi connectivity index (χ4v) is 3.36. The fourth-order valence-electron chi connectivity index (χ4n) is 3.36. The van der Waals surface area contributed by atoms with E-state index in [1.54, 1.807) is 25.1 Å². The molecule has 0 fully saturated rings. The summed E-state index contributed by atoms with van der Waals surface area (Å²) >= 11 is 0. The zero-order chi connectivity index (χ0) is 23.3. The smallest absolute Gasteiger partial charge is 0.333 e. The molecule has 1 aromatic carbocycles. The third-order valence-electron chi connectivity index (χ3n) is 5.30. The van der Waals surface area contributed by atoms with Crippen molar-refractivity contribution in [2.24, 2.45) is 0 Å². The number of benzene rings is 1. The van der Waals surface area contributed by atoms with Crippen molar-refractivity contribution in [3.8, 4) is 11.3 Å². The normalized spacial score (nSPS) is 11.7. The first kappa shape index (κ1) is 25.3. The van der Waals surface area contributed by atoms with Crippen molar-refractivity contribution in [2.45, 2.75) is 58.5 Å². The van der Waals surface area contributed by atoms with Crippen LogP contribution in [0.1, 0.15) is 51.5 Å². The van der Waals surface area contributed by atoms with Gasteiger partial charge >= 0.3 is 12.0 Å². The maximum Gasteiger partial charge on any atom is 0.333 e. The topological polar surface area (TPSA) is 91.8 Å². The summed E-state index contributed by atoms with van der Waals surface area (Å²) in [5.74, 6) is -0.976. The van der Waals surface area contributed by atoms with Gasteiger partial charge in [-0.15, -0.1) is 0 Å². The van der Waals surface area contributed by atoms with Crippen molar-refractivity contribution in [1.82, 2.24) is 10.3 Å². The highest BCUT2D eigenvalue weighted by atomic mass is 16.5. The predicted molar refractivity (Wildman–Crippen MR) is 127 cm³/mol. The zero-order valence-corrected chi connectivity index (χ0v) is 19.3. The molecule has 2 amide bonds. The Morgan fingerprint density at radius 1 is 1.06 bits per heavy atom. The number of urea groups is 1. The van der Waals surface area contributed by atoms with Crippen LogP contribution in [0.4, 0.5) is 10.5 Å². The molecule has 0 radical (unpaired) electrons. The van der Waals surface area contributed by atoms with Gasteiger partial charge in [0, 0.05) is 44.1 Å². The Hall–Kier alpha value is -2.93. The first-order valence-corrected chi connectivity index (χ1v) is 11.4. The predicted octanol–water partition coefficient (Wildman–Crippen LogP) is 4.90. The highest BCUT2D eigenvalue weighted by Gasteiger charge is 2.18. The van der Waals surface area contributed by atoms with E-state index < -0.39 is 12.1 Å². The van der Waals surface area contributed by atoms with Gasteiger partial charge in [0.1, 0.15) is 0 Å². The first-order chi connectivity index (χ1) is 15.5. The van der Waals surface area contributed by atoms with E-state index in [0.717, 1.165) is 35.3 Å².